The molecule has 3 atom stereocenters. The fourth-order valence-corrected chi connectivity index (χ4v) is 10.2. The van der Waals surface area contributed by atoms with E-state index in [1.807, 2.05) is 25.1 Å². The van der Waals surface area contributed by atoms with Gasteiger partial charge in [-0.2, -0.15) is 0 Å². The molecule has 7 N–H and O–H groups in total. The van der Waals surface area contributed by atoms with E-state index in [1.165, 1.54) is 48.2 Å². The number of primary amides is 1. The van der Waals surface area contributed by atoms with E-state index in [1.54, 1.807) is 78.0 Å². The maximum atomic E-state index is 14.5. The van der Waals surface area contributed by atoms with Crippen molar-refractivity contribution in [3.05, 3.63) is 137 Å². The normalized spacial score (nSPS) is 14.1. The van der Waals surface area contributed by atoms with Gasteiger partial charge in [0, 0.05) is 112 Å². The van der Waals surface area contributed by atoms with E-state index < -0.39 is 77.5 Å². The van der Waals surface area contributed by atoms with Crippen molar-refractivity contribution in [2.45, 2.75) is 58.6 Å². The van der Waals surface area contributed by atoms with E-state index in [0.29, 0.717) is 39.2 Å². The molecule has 0 saturated heterocycles. The lowest BCUT2D eigenvalue weighted by molar-refractivity contribution is -0.137. The van der Waals surface area contributed by atoms with Gasteiger partial charge in [-0.15, -0.1) is 11.6 Å². The molecule has 87 heavy (non-hydrogen) atoms. The summed E-state index contributed by atoms with van der Waals surface area (Å²) in [6.07, 6.45) is 3.19. The number of anilines is 3. The summed E-state index contributed by atoms with van der Waals surface area (Å²) in [5.74, 6) is -4.06. The van der Waals surface area contributed by atoms with Gasteiger partial charge in [-0.1, -0.05) is 44.2 Å². The highest BCUT2D eigenvalue weighted by Crippen LogP contribution is 2.47. The maximum absolute atomic E-state index is 14.5. The van der Waals surface area contributed by atoms with Gasteiger partial charge in [0.1, 0.15) is 36.1 Å². The third kappa shape index (κ3) is 15.6. The van der Waals surface area contributed by atoms with Crippen LogP contribution in [0.4, 0.5) is 36.2 Å². The lowest BCUT2D eigenvalue weighted by Crippen LogP contribution is -2.46. The second-order valence-electron chi connectivity index (χ2n) is 21.3. The van der Waals surface area contributed by atoms with Crippen LogP contribution in [-0.4, -0.2) is 154 Å². The molecule has 0 unspecified atom stereocenters. The molecule has 4 aromatic carbocycles. The van der Waals surface area contributed by atoms with Crippen molar-refractivity contribution in [1.82, 2.24) is 34.7 Å². The van der Waals surface area contributed by atoms with Crippen LogP contribution in [0.25, 0.3) is 16.4 Å². The molecule has 0 aliphatic carbocycles. The van der Waals surface area contributed by atoms with Crippen molar-refractivity contribution in [1.29, 1.82) is 0 Å². The lowest BCUT2D eigenvalue weighted by Gasteiger charge is -2.24. The zero-order valence-electron chi connectivity index (χ0n) is 48.4. The van der Waals surface area contributed by atoms with Crippen LogP contribution in [0.1, 0.15) is 76.6 Å². The summed E-state index contributed by atoms with van der Waals surface area (Å²) in [5.41, 5.74) is 9.70. The van der Waals surface area contributed by atoms with Gasteiger partial charge in [-0.05, 0) is 96.3 Å². The molecule has 2 aromatic heterocycles. The van der Waals surface area contributed by atoms with Crippen LogP contribution >= 0.6 is 11.6 Å². The molecular formula is C61H66ClN11O14. The number of aryl methyl sites for hydroxylation is 1. The number of pyridine rings is 1. The highest BCUT2D eigenvalue weighted by molar-refractivity contribution is 6.19. The zero-order valence-corrected chi connectivity index (χ0v) is 49.1. The van der Waals surface area contributed by atoms with Crippen LogP contribution in [0.5, 0.6) is 11.5 Å². The Morgan fingerprint density at radius 2 is 1.54 bits per heavy atom. The van der Waals surface area contributed by atoms with Gasteiger partial charge in [0.2, 0.25) is 5.91 Å². The number of phenolic OH excluding ortho intramolecular Hbond substituents is 1. The minimum atomic E-state index is -1.06. The van der Waals surface area contributed by atoms with Crippen LogP contribution in [-0.2, 0) is 35.3 Å². The SMILES string of the molecule is Cc1cccc2c(OC(=O)N(C)CCN(C)C(=O)OCc3ccc(NC(=O)[C@H](CCCNC(N)=O)CC(=O)[C@@H](NC(=O)OCCN4C(=O)C=CC4=O)C(C)C)cc3)cc3c(c12)[C@H](CCl)CN3C(=O)c1cn2cc(NC(=O)c3ccc(O)cc3)ccc2n1. The molecule has 2 aliphatic heterocycles. The predicted molar refractivity (Wildman–Crippen MR) is 321 cm³/mol. The van der Waals surface area contributed by atoms with E-state index in [9.17, 15) is 53.1 Å². The number of fused-ring (bicyclic) bond motifs is 4. The molecule has 4 heterocycles. The number of amides is 10. The smallest absolute Gasteiger partial charge is 0.415 e. The molecule has 6 aromatic rings. The number of likely N-dealkylation sites (N-methyl/N-ethyl adjacent to an activating group) is 2. The first kappa shape index (κ1) is 63.0. The number of ketones is 1. The van der Waals surface area contributed by atoms with Gasteiger partial charge in [-0.3, -0.25) is 33.7 Å². The Morgan fingerprint density at radius 3 is 2.22 bits per heavy atom. The molecule has 0 spiro atoms. The number of nitrogens with two attached hydrogens (primary N) is 1. The Hall–Kier alpha value is -10.0. The van der Waals surface area contributed by atoms with Crippen molar-refractivity contribution in [3.8, 4) is 11.5 Å². The summed E-state index contributed by atoms with van der Waals surface area (Å²) in [7, 11) is 3.03. The molecule has 0 saturated carbocycles. The summed E-state index contributed by atoms with van der Waals surface area (Å²) < 4.78 is 18.4. The summed E-state index contributed by atoms with van der Waals surface area (Å²) in [5, 5.41) is 21.6. The number of aromatic nitrogens is 2. The summed E-state index contributed by atoms with van der Waals surface area (Å²) in [6, 6.07) is 21.0. The Balaban J connectivity index is 0.844. The summed E-state index contributed by atoms with van der Waals surface area (Å²) in [6.45, 7) is 5.14. The van der Waals surface area contributed by atoms with Crippen molar-refractivity contribution in [2.24, 2.45) is 17.6 Å². The monoisotopic (exact) mass is 1210 g/mol. The summed E-state index contributed by atoms with van der Waals surface area (Å²) >= 11 is 6.60. The number of halogens is 1. The number of nitrogens with one attached hydrogen (secondary N) is 4. The third-order valence-electron chi connectivity index (χ3n) is 14.7. The van der Waals surface area contributed by atoms with Gasteiger partial charge < -0.3 is 65.4 Å². The highest BCUT2D eigenvalue weighted by atomic mass is 35.5. The Morgan fingerprint density at radius 1 is 0.851 bits per heavy atom. The van der Waals surface area contributed by atoms with E-state index in [4.69, 9.17) is 31.5 Å². The minimum absolute atomic E-state index is 0.0293. The fourth-order valence-electron chi connectivity index (χ4n) is 9.97. The quantitative estimate of drug-likeness (QED) is 0.0200. The minimum Gasteiger partial charge on any atom is -0.508 e. The highest BCUT2D eigenvalue weighted by Gasteiger charge is 2.37. The number of phenols is 1. The van der Waals surface area contributed by atoms with Crippen LogP contribution in [0.2, 0.25) is 0 Å². The molecule has 25 nitrogen and oxygen atoms in total. The number of carbonyl (C=O) groups excluding carboxylic acids is 10. The van der Waals surface area contributed by atoms with Gasteiger partial charge in [0.25, 0.3) is 23.6 Å². The van der Waals surface area contributed by atoms with Crippen LogP contribution in [0, 0.1) is 18.8 Å². The first-order chi connectivity index (χ1) is 41.6. The first-order valence-corrected chi connectivity index (χ1v) is 28.4. The number of Topliss-reactive ketones (excluding diaryl/α,β-unsaturated/α-hetero) is 1. The number of carbonyl (C=O) groups is 10. The average molecular weight is 1210 g/mol. The second kappa shape index (κ2) is 28.2. The molecule has 0 fully saturated rings. The van der Waals surface area contributed by atoms with Crippen LogP contribution in [0.15, 0.2) is 109 Å². The Bertz CT molecular complexity index is 3650. The van der Waals surface area contributed by atoms with Crippen molar-refractivity contribution in [3.63, 3.8) is 0 Å². The number of imide groups is 1. The second-order valence-corrected chi connectivity index (χ2v) is 21.6. The topological polar surface area (TPSA) is 323 Å². The van der Waals surface area contributed by atoms with E-state index >= 15 is 0 Å². The van der Waals surface area contributed by atoms with Crippen LogP contribution in [0.3, 0.4) is 0 Å². The van der Waals surface area contributed by atoms with Crippen molar-refractivity contribution >= 4 is 105 Å². The van der Waals surface area contributed by atoms with Gasteiger partial charge in [0.15, 0.2) is 5.78 Å². The van der Waals surface area contributed by atoms with E-state index in [2.05, 4.69) is 26.3 Å². The molecule has 26 heteroatoms. The first-order valence-electron chi connectivity index (χ1n) is 27.9. The van der Waals surface area contributed by atoms with Gasteiger partial charge >= 0.3 is 24.3 Å². The number of hydrogen-bond acceptors (Lipinski definition) is 15. The maximum Gasteiger partial charge on any atom is 0.415 e. The van der Waals surface area contributed by atoms with Crippen LogP contribution < -0.4 is 36.6 Å². The largest absolute Gasteiger partial charge is 0.508 e. The Labute approximate surface area is 504 Å². The summed E-state index contributed by atoms with van der Waals surface area (Å²) in [4.78, 5) is 139. The molecule has 8 rings (SSSR count). The number of alkyl carbamates (subject to hydrolysis) is 1. The van der Waals surface area contributed by atoms with Gasteiger partial charge in [-0.25, -0.2) is 24.2 Å². The molecular weight excluding hydrogens is 1150 g/mol. The number of nitrogens with zero attached hydrogens (tertiary/aromatic N) is 6. The third-order valence-corrected chi connectivity index (χ3v) is 15.1. The number of urea groups is 1. The standard InChI is InChI=1S/C61H66ClN11O14/c1-35(2)54(68-59(82)85-27-26-72-50(76)21-22-51(72)77)47(75)28-39(9-7-23-64-58(63)81)56(79)65-41-15-11-37(12-16-41)34-86-60(83)69(4)24-25-70(5)61(84)87-48-29-46-53(52-36(3)8-6-10-44(48)52)40(30-62)31-73(46)57(80)45-33-71-32-42(17-20-49(71)67-45)66-55(78)38-13-18-43(74)19-14-38/h6,8,10-22,29,32-33,35,39-40,54,74H,7,9,23-28,30-31,34H2,1-5H3,(H,65,79)(H,66,78)(H,68,82)(H3,63,64,81)/t39-,40-,54+/m1/s1. The molecule has 2 aliphatic rings. The number of imidazole rings is 1. The van der Waals surface area contributed by atoms with Crippen molar-refractivity contribution < 1.29 is 67.3 Å². The molecule has 10 amide bonds. The van der Waals surface area contributed by atoms with E-state index in [-0.39, 0.29) is 94.2 Å². The van der Waals surface area contributed by atoms with Gasteiger partial charge in [0.05, 0.1) is 24.0 Å². The number of benzene rings is 4. The number of hydrogen-bond donors (Lipinski definition) is 6. The van der Waals surface area contributed by atoms with E-state index in [0.717, 1.165) is 33.6 Å². The fraction of sp³-hybridized carbons (Fsp3) is 0.328. The number of ether oxygens (including phenoxy) is 3. The molecule has 0 radical (unpaired) electrons. The molecule has 456 valence electrons. The number of aromatic hydroxyl groups is 1. The number of rotatable bonds is 24. The predicted octanol–water partition coefficient (Wildman–Crippen LogP) is 7.07. The zero-order chi connectivity index (χ0) is 62.6. The Kier molecular flexibility index (Phi) is 20.4. The molecule has 0 bridgehead atoms. The average Bonchev–Trinajstić information content (AvgIpc) is 1.70. The lowest BCUT2D eigenvalue weighted by atomic mass is 9.89. The number of alkyl halides is 1. The van der Waals surface area contributed by atoms with Crippen molar-refractivity contribution in [2.75, 3.05) is 74.8 Å².